The predicted octanol–water partition coefficient (Wildman–Crippen LogP) is 2.19. The molecule has 0 bridgehead atoms. The minimum atomic E-state index is -0.509. The van der Waals surface area contributed by atoms with Crippen LogP contribution in [-0.4, -0.2) is 5.11 Å². The van der Waals surface area contributed by atoms with Gasteiger partial charge in [-0.25, -0.2) is 0 Å². The Morgan fingerprint density at radius 3 is 2.69 bits per heavy atom. The average molecular weight is 173 g/mol. The molecule has 0 aliphatic carbocycles. The topological polar surface area (TPSA) is 44.0 Å². The van der Waals surface area contributed by atoms with Crippen LogP contribution in [0.15, 0.2) is 42.5 Å². The Kier molecular flexibility index (Phi) is 3.74. The van der Waals surface area contributed by atoms with Crippen molar-refractivity contribution in [2.45, 2.75) is 12.5 Å². The smallest absolute Gasteiger partial charge is 0.0908 e. The van der Waals surface area contributed by atoms with Crippen LogP contribution in [0.5, 0.6) is 0 Å². The van der Waals surface area contributed by atoms with Gasteiger partial charge in [0.1, 0.15) is 0 Å². The molecule has 2 heteroatoms. The first kappa shape index (κ1) is 9.50. The summed E-state index contributed by atoms with van der Waals surface area (Å²) in [7, 11) is 0. The van der Waals surface area contributed by atoms with Crippen molar-refractivity contribution >= 4 is 0 Å². The third-order valence-corrected chi connectivity index (χ3v) is 1.74. The van der Waals surface area contributed by atoms with Crippen molar-refractivity contribution in [2.24, 2.45) is 0 Å². The van der Waals surface area contributed by atoms with Crippen LogP contribution < -0.4 is 0 Å². The Hall–Kier alpha value is -1.59. The molecular formula is C11H11NO. The van der Waals surface area contributed by atoms with Crippen LogP contribution in [0.4, 0.5) is 0 Å². The van der Waals surface area contributed by atoms with Gasteiger partial charge in [-0.15, -0.1) is 0 Å². The van der Waals surface area contributed by atoms with Crippen LogP contribution in [0.1, 0.15) is 18.1 Å². The van der Waals surface area contributed by atoms with Crippen LogP contribution in [0.3, 0.4) is 0 Å². The highest BCUT2D eigenvalue weighted by atomic mass is 16.3. The molecule has 0 amide bonds. The van der Waals surface area contributed by atoms with Crippen molar-refractivity contribution in [3.8, 4) is 6.07 Å². The summed E-state index contributed by atoms with van der Waals surface area (Å²) in [6.07, 6.45) is 3.02. The molecule has 0 radical (unpaired) electrons. The van der Waals surface area contributed by atoms with E-state index in [1.165, 1.54) is 6.08 Å². The first-order valence-corrected chi connectivity index (χ1v) is 4.12. The number of hydrogen-bond acceptors (Lipinski definition) is 2. The molecule has 1 N–H and O–H groups in total. The predicted molar refractivity (Wildman–Crippen MR) is 50.8 cm³/mol. The van der Waals surface area contributed by atoms with Crippen LogP contribution >= 0.6 is 0 Å². The third kappa shape index (κ3) is 3.10. The maximum absolute atomic E-state index is 9.59. The van der Waals surface area contributed by atoms with E-state index in [1.807, 2.05) is 36.4 Å². The number of aliphatic hydroxyl groups excluding tert-OH is 1. The fourth-order valence-corrected chi connectivity index (χ4v) is 1.06. The van der Waals surface area contributed by atoms with Crippen molar-refractivity contribution in [1.29, 1.82) is 5.26 Å². The fourth-order valence-electron chi connectivity index (χ4n) is 1.06. The van der Waals surface area contributed by atoms with Gasteiger partial charge in [-0.05, 0) is 12.0 Å². The van der Waals surface area contributed by atoms with Crippen LogP contribution in [-0.2, 0) is 0 Å². The summed E-state index contributed by atoms with van der Waals surface area (Å²) in [5.41, 5.74) is 0.880. The van der Waals surface area contributed by atoms with Gasteiger partial charge in [-0.2, -0.15) is 5.26 Å². The second-order valence-corrected chi connectivity index (χ2v) is 2.69. The zero-order valence-electron chi connectivity index (χ0n) is 7.22. The lowest BCUT2D eigenvalue weighted by Crippen LogP contribution is -1.94. The van der Waals surface area contributed by atoms with E-state index in [-0.39, 0.29) is 0 Å². The number of hydrogen-bond donors (Lipinski definition) is 1. The molecule has 2 nitrogen and oxygen atoms in total. The lowest BCUT2D eigenvalue weighted by molar-refractivity contribution is 0.181. The zero-order valence-corrected chi connectivity index (χ0v) is 7.22. The average Bonchev–Trinajstić information content (AvgIpc) is 2.19. The Bertz CT molecular complexity index is 311. The normalized spacial score (nSPS) is 12.6. The van der Waals surface area contributed by atoms with Crippen LogP contribution in [0.25, 0.3) is 0 Å². The molecule has 0 fully saturated rings. The third-order valence-electron chi connectivity index (χ3n) is 1.74. The number of nitriles is 1. The number of rotatable bonds is 3. The molecule has 1 unspecified atom stereocenters. The van der Waals surface area contributed by atoms with Gasteiger partial charge in [0.2, 0.25) is 0 Å². The van der Waals surface area contributed by atoms with Gasteiger partial charge < -0.3 is 5.11 Å². The summed E-state index contributed by atoms with van der Waals surface area (Å²) in [6, 6.07) is 11.3. The number of benzene rings is 1. The highest BCUT2D eigenvalue weighted by Gasteiger charge is 2.02. The van der Waals surface area contributed by atoms with Crippen molar-refractivity contribution < 1.29 is 5.11 Å². The lowest BCUT2D eigenvalue weighted by atomic mass is 10.1. The Labute approximate surface area is 77.8 Å². The largest absolute Gasteiger partial charge is 0.388 e. The molecule has 0 heterocycles. The van der Waals surface area contributed by atoms with Crippen LogP contribution in [0.2, 0.25) is 0 Å². The van der Waals surface area contributed by atoms with E-state index in [4.69, 9.17) is 5.26 Å². The van der Waals surface area contributed by atoms with Crippen LogP contribution in [0, 0.1) is 11.3 Å². The van der Waals surface area contributed by atoms with E-state index >= 15 is 0 Å². The molecule has 0 aliphatic rings. The molecule has 0 spiro atoms. The van der Waals surface area contributed by atoms with Gasteiger partial charge in [0, 0.05) is 6.08 Å². The molecule has 1 rings (SSSR count). The quantitative estimate of drug-likeness (QED) is 0.712. The van der Waals surface area contributed by atoms with E-state index in [0.29, 0.717) is 6.42 Å². The summed E-state index contributed by atoms with van der Waals surface area (Å²) in [4.78, 5) is 0. The molecule has 0 aromatic heterocycles. The van der Waals surface area contributed by atoms with Gasteiger partial charge >= 0.3 is 0 Å². The van der Waals surface area contributed by atoms with Gasteiger partial charge in [-0.3, -0.25) is 0 Å². The van der Waals surface area contributed by atoms with Crippen molar-refractivity contribution in [3.05, 3.63) is 48.0 Å². The second kappa shape index (κ2) is 5.13. The first-order chi connectivity index (χ1) is 6.34. The second-order valence-electron chi connectivity index (χ2n) is 2.69. The standard InChI is InChI=1S/C11H11NO/c12-9-5-4-8-11(13)10-6-2-1-3-7-10/h1-7,11,13H,8H2/b5-4-. The SMILES string of the molecule is N#C/C=C\CC(O)c1ccccc1. The first-order valence-electron chi connectivity index (χ1n) is 4.12. The summed E-state index contributed by atoms with van der Waals surface area (Å²) in [5, 5.41) is 17.8. The molecular weight excluding hydrogens is 162 g/mol. The molecule has 1 aromatic rings. The van der Waals surface area contributed by atoms with E-state index in [1.54, 1.807) is 6.08 Å². The highest BCUT2D eigenvalue weighted by Crippen LogP contribution is 2.15. The number of nitrogens with zero attached hydrogens (tertiary/aromatic N) is 1. The Balaban J connectivity index is 2.55. The summed E-state index contributed by atoms with van der Waals surface area (Å²) >= 11 is 0. The van der Waals surface area contributed by atoms with Crippen molar-refractivity contribution in [2.75, 3.05) is 0 Å². The van der Waals surface area contributed by atoms with Gasteiger partial charge in [0.25, 0.3) is 0 Å². The number of aliphatic hydroxyl groups is 1. The fraction of sp³-hybridized carbons (Fsp3) is 0.182. The molecule has 13 heavy (non-hydrogen) atoms. The molecule has 0 saturated heterocycles. The van der Waals surface area contributed by atoms with Gasteiger partial charge in [0.15, 0.2) is 0 Å². The Morgan fingerprint density at radius 1 is 1.38 bits per heavy atom. The zero-order chi connectivity index (χ0) is 9.52. The summed E-state index contributed by atoms with van der Waals surface area (Å²) < 4.78 is 0. The summed E-state index contributed by atoms with van der Waals surface area (Å²) in [5.74, 6) is 0. The highest BCUT2D eigenvalue weighted by molar-refractivity contribution is 5.18. The lowest BCUT2D eigenvalue weighted by Gasteiger charge is -2.06. The monoisotopic (exact) mass is 173 g/mol. The summed E-state index contributed by atoms with van der Waals surface area (Å²) in [6.45, 7) is 0. The van der Waals surface area contributed by atoms with Gasteiger partial charge in [-0.1, -0.05) is 36.4 Å². The van der Waals surface area contributed by atoms with E-state index in [2.05, 4.69) is 0 Å². The maximum atomic E-state index is 9.59. The Morgan fingerprint density at radius 2 is 2.08 bits per heavy atom. The van der Waals surface area contributed by atoms with Crippen molar-refractivity contribution in [1.82, 2.24) is 0 Å². The maximum Gasteiger partial charge on any atom is 0.0908 e. The minimum Gasteiger partial charge on any atom is -0.388 e. The molecule has 1 aromatic carbocycles. The van der Waals surface area contributed by atoms with E-state index < -0.39 is 6.10 Å². The number of allylic oxidation sites excluding steroid dienone is 1. The molecule has 1 atom stereocenters. The van der Waals surface area contributed by atoms with Gasteiger partial charge in [0.05, 0.1) is 12.2 Å². The minimum absolute atomic E-state index is 0.484. The molecule has 66 valence electrons. The van der Waals surface area contributed by atoms with E-state index in [0.717, 1.165) is 5.56 Å². The molecule has 0 aliphatic heterocycles. The molecule has 0 saturated carbocycles. The van der Waals surface area contributed by atoms with E-state index in [9.17, 15) is 5.11 Å². The van der Waals surface area contributed by atoms with Crippen molar-refractivity contribution in [3.63, 3.8) is 0 Å².